The maximum Gasteiger partial charge on any atom is 0.238 e. The summed E-state index contributed by atoms with van der Waals surface area (Å²) in [5, 5.41) is 15.0. The van der Waals surface area contributed by atoms with Crippen molar-refractivity contribution >= 4 is 11.6 Å². The van der Waals surface area contributed by atoms with Gasteiger partial charge in [-0.2, -0.15) is 0 Å². The van der Waals surface area contributed by atoms with Crippen molar-refractivity contribution in [3.8, 4) is 5.75 Å². The maximum absolute atomic E-state index is 11.7. The average molecular weight is 264 g/mol. The Morgan fingerprint density at radius 3 is 2.58 bits per heavy atom. The van der Waals surface area contributed by atoms with Crippen molar-refractivity contribution in [1.82, 2.24) is 5.32 Å². The Bertz CT molecular complexity index is 427. The predicted octanol–water partition coefficient (Wildman–Crippen LogP) is 0.996. The Balaban J connectivity index is 1.71. The van der Waals surface area contributed by atoms with E-state index in [9.17, 15) is 4.79 Å². The Morgan fingerprint density at radius 2 is 2.05 bits per heavy atom. The molecule has 1 fully saturated rings. The molecule has 5 heteroatoms. The van der Waals surface area contributed by atoms with E-state index in [4.69, 9.17) is 9.84 Å². The lowest BCUT2D eigenvalue weighted by molar-refractivity contribution is -0.115. The van der Waals surface area contributed by atoms with Crippen LogP contribution in [0.15, 0.2) is 24.3 Å². The summed E-state index contributed by atoms with van der Waals surface area (Å²) in [4.78, 5) is 11.7. The van der Waals surface area contributed by atoms with Crippen LogP contribution < -0.4 is 15.4 Å². The lowest BCUT2D eigenvalue weighted by Crippen LogP contribution is -2.33. The van der Waals surface area contributed by atoms with E-state index in [1.54, 1.807) is 31.4 Å². The number of ether oxygens (including phenoxy) is 1. The Kier molecular flexibility index (Phi) is 4.39. The zero-order valence-corrected chi connectivity index (χ0v) is 11.1. The Morgan fingerprint density at radius 1 is 1.37 bits per heavy atom. The van der Waals surface area contributed by atoms with Gasteiger partial charge >= 0.3 is 0 Å². The number of amides is 1. The largest absolute Gasteiger partial charge is 0.497 e. The van der Waals surface area contributed by atoms with Crippen molar-refractivity contribution < 1.29 is 14.6 Å². The molecule has 0 bridgehead atoms. The molecule has 1 amide bonds. The molecule has 1 aliphatic rings. The number of methoxy groups -OCH3 is 1. The highest BCUT2D eigenvalue weighted by molar-refractivity contribution is 5.92. The number of hydrogen-bond acceptors (Lipinski definition) is 4. The lowest BCUT2D eigenvalue weighted by atomic mass is 10.1. The molecule has 1 saturated carbocycles. The van der Waals surface area contributed by atoms with Gasteiger partial charge in [-0.25, -0.2) is 0 Å². The van der Waals surface area contributed by atoms with E-state index >= 15 is 0 Å². The van der Waals surface area contributed by atoms with Crippen LogP contribution in [0.3, 0.4) is 0 Å². The summed E-state index contributed by atoms with van der Waals surface area (Å²) in [7, 11) is 1.60. The molecule has 1 aromatic rings. The van der Waals surface area contributed by atoms with E-state index in [1.165, 1.54) is 0 Å². The standard InChI is InChI=1S/C14H20N2O3/c1-19-12-4-2-11(3-5-12)16-13(18)8-15-9-14(10-17)6-7-14/h2-5,15,17H,6-10H2,1H3,(H,16,18). The van der Waals surface area contributed by atoms with Crippen molar-refractivity contribution in [2.75, 3.05) is 32.1 Å². The van der Waals surface area contributed by atoms with E-state index < -0.39 is 0 Å². The van der Waals surface area contributed by atoms with E-state index in [1.807, 2.05) is 0 Å². The number of carbonyl (C=O) groups is 1. The SMILES string of the molecule is COc1ccc(NC(=O)CNCC2(CO)CC2)cc1. The normalized spacial score (nSPS) is 15.9. The van der Waals surface area contributed by atoms with E-state index in [0.717, 1.165) is 24.3 Å². The van der Waals surface area contributed by atoms with Crippen LogP contribution in [0.1, 0.15) is 12.8 Å². The van der Waals surface area contributed by atoms with Crippen LogP contribution in [0.4, 0.5) is 5.69 Å². The molecular weight excluding hydrogens is 244 g/mol. The lowest BCUT2D eigenvalue weighted by Gasteiger charge is -2.12. The van der Waals surface area contributed by atoms with Crippen molar-refractivity contribution in [1.29, 1.82) is 0 Å². The van der Waals surface area contributed by atoms with Gasteiger partial charge in [-0.05, 0) is 37.1 Å². The second kappa shape index (κ2) is 6.04. The van der Waals surface area contributed by atoms with Gasteiger partial charge in [0.25, 0.3) is 0 Å². The van der Waals surface area contributed by atoms with E-state index in [2.05, 4.69) is 10.6 Å². The minimum atomic E-state index is -0.0843. The fourth-order valence-electron chi connectivity index (χ4n) is 1.89. The van der Waals surface area contributed by atoms with Gasteiger partial charge in [0.2, 0.25) is 5.91 Å². The highest BCUT2D eigenvalue weighted by Crippen LogP contribution is 2.44. The van der Waals surface area contributed by atoms with Crippen molar-refractivity contribution in [3.05, 3.63) is 24.3 Å². The van der Waals surface area contributed by atoms with Gasteiger partial charge in [0, 0.05) is 24.3 Å². The number of hydrogen-bond donors (Lipinski definition) is 3. The third kappa shape index (κ3) is 3.94. The van der Waals surface area contributed by atoms with Crippen LogP contribution in [-0.2, 0) is 4.79 Å². The molecule has 0 unspecified atom stereocenters. The van der Waals surface area contributed by atoms with Crippen LogP contribution in [0, 0.1) is 5.41 Å². The van der Waals surface area contributed by atoms with Gasteiger partial charge in [-0.3, -0.25) is 4.79 Å². The molecule has 1 aromatic carbocycles. The molecule has 0 saturated heterocycles. The fourth-order valence-corrected chi connectivity index (χ4v) is 1.89. The molecule has 0 aliphatic heterocycles. The number of anilines is 1. The molecule has 2 rings (SSSR count). The fraction of sp³-hybridized carbons (Fsp3) is 0.500. The smallest absolute Gasteiger partial charge is 0.238 e. The molecule has 5 nitrogen and oxygen atoms in total. The zero-order chi connectivity index (χ0) is 13.7. The minimum absolute atomic E-state index is 0.0282. The highest BCUT2D eigenvalue weighted by Gasteiger charge is 2.41. The number of nitrogens with one attached hydrogen (secondary N) is 2. The first-order valence-electron chi connectivity index (χ1n) is 6.43. The van der Waals surface area contributed by atoms with Gasteiger partial charge in [-0.15, -0.1) is 0 Å². The molecule has 0 spiro atoms. The summed E-state index contributed by atoms with van der Waals surface area (Å²) in [6, 6.07) is 7.20. The molecular formula is C14H20N2O3. The number of benzene rings is 1. The van der Waals surface area contributed by atoms with Crippen LogP contribution in [0.25, 0.3) is 0 Å². The monoisotopic (exact) mass is 264 g/mol. The van der Waals surface area contributed by atoms with Gasteiger partial charge < -0.3 is 20.5 Å². The molecule has 104 valence electrons. The van der Waals surface area contributed by atoms with Gasteiger partial charge in [0.15, 0.2) is 0 Å². The second-order valence-electron chi connectivity index (χ2n) is 5.04. The van der Waals surface area contributed by atoms with Crippen LogP contribution in [0.2, 0.25) is 0 Å². The Hall–Kier alpha value is -1.59. The van der Waals surface area contributed by atoms with Gasteiger partial charge in [0.05, 0.1) is 13.7 Å². The molecule has 0 aromatic heterocycles. The summed E-state index contributed by atoms with van der Waals surface area (Å²) >= 11 is 0. The second-order valence-corrected chi connectivity index (χ2v) is 5.04. The first kappa shape index (κ1) is 13.8. The summed E-state index contributed by atoms with van der Waals surface area (Å²) in [5.41, 5.74) is 0.774. The summed E-state index contributed by atoms with van der Waals surface area (Å²) in [6.07, 6.45) is 2.08. The number of aliphatic hydroxyl groups excluding tert-OH is 1. The predicted molar refractivity (Wildman–Crippen MR) is 73.2 cm³/mol. The number of rotatable bonds is 7. The average Bonchev–Trinajstić information content (AvgIpc) is 3.20. The van der Waals surface area contributed by atoms with Gasteiger partial charge in [-0.1, -0.05) is 0 Å². The van der Waals surface area contributed by atoms with Crippen molar-refractivity contribution in [2.24, 2.45) is 5.41 Å². The summed E-state index contributed by atoms with van der Waals surface area (Å²) in [6.45, 7) is 1.15. The Labute approximate surface area is 113 Å². The summed E-state index contributed by atoms with van der Waals surface area (Å²) < 4.78 is 5.05. The van der Waals surface area contributed by atoms with Crippen LogP contribution in [-0.4, -0.2) is 37.8 Å². The van der Waals surface area contributed by atoms with Gasteiger partial charge in [0.1, 0.15) is 5.75 Å². The molecule has 0 atom stereocenters. The number of aliphatic hydroxyl groups is 1. The third-order valence-corrected chi connectivity index (χ3v) is 3.45. The van der Waals surface area contributed by atoms with Crippen molar-refractivity contribution in [3.63, 3.8) is 0 Å². The quantitative estimate of drug-likeness (QED) is 0.687. The molecule has 0 heterocycles. The maximum atomic E-state index is 11.7. The first-order chi connectivity index (χ1) is 9.17. The first-order valence-corrected chi connectivity index (χ1v) is 6.43. The highest BCUT2D eigenvalue weighted by atomic mass is 16.5. The molecule has 1 aliphatic carbocycles. The molecule has 19 heavy (non-hydrogen) atoms. The van der Waals surface area contributed by atoms with Crippen LogP contribution in [0.5, 0.6) is 5.75 Å². The van der Waals surface area contributed by atoms with Crippen molar-refractivity contribution in [2.45, 2.75) is 12.8 Å². The van der Waals surface area contributed by atoms with E-state index in [0.29, 0.717) is 6.54 Å². The molecule has 0 radical (unpaired) electrons. The topological polar surface area (TPSA) is 70.6 Å². The number of carbonyl (C=O) groups excluding carboxylic acids is 1. The minimum Gasteiger partial charge on any atom is -0.497 e. The summed E-state index contributed by atoms with van der Waals surface area (Å²) in [5.74, 6) is 0.675. The van der Waals surface area contributed by atoms with Crippen LogP contribution >= 0.6 is 0 Å². The third-order valence-electron chi connectivity index (χ3n) is 3.45. The molecule has 3 N–H and O–H groups in total. The van der Waals surface area contributed by atoms with E-state index in [-0.39, 0.29) is 24.5 Å². The zero-order valence-electron chi connectivity index (χ0n) is 11.1.